The smallest absolute Gasteiger partial charge is 0.0746 e. The van der Waals surface area contributed by atoms with E-state index >= 15 is 0 Å². The first-order valence-electron chi connectivity index (χ1n) is 3.67. The van der Waals surface area contributed by atoms with E-state index in [1.807, 2.05) is 50.0 Å². The number of nitrogens with zero attached hydrogens (tertiary/aromatic N) is 1. The van der Waals surface area contributed by atoms with Gasteiger partial charge in [0.25, 0.3) is 0 Å². The number of hydrogen-bond acceptors (Lipinski definition) is 0. The van der Waals surface area contributed by atoms with Gasteiger partial charge in [0.15, 0.2) is 0 Å². The van der Waals surface area contributed by atoms with Gasteiger partial charge in [-0.25, -0.2) is 0 Å². The second-order valence-electron chi connectivity index (χ2n) is 1.35. The molecule has 1 aromatic rings. The van der Waals surface area contributed by atoms with E-state index in [2.05, 4.69) is 6.92 Å². The van der Waals surface area contributed by atoms with E-state index in [0.717, 1.165) is 0 Å². The minimum Gasteiger partial charge on any atom is -0.357 e. The Morgan fingerprint density at radius 2 is 1.30 bits per heavy atom. The van der Waals surface area contributed by atoms with Gasteiger partial charge in [-0.2, -0.15) is 0 Å². The van der Waals surface area contributed by atoms with Crippen LogP contribution in [0.1, 0.15) is 20.8 Å². The third-order valence-corrected chi connectivity index (χ3v) is 0.754. The van der Waals surface area contributed by atoms with Gasteiger partial charge < -0.3 is 4.57 Å². The van der Waals surface area contributed by atoms with Gasteiger partial charge in [0.2, 0.25) is 0 Å². The average molecular weight is 140 g/mol. The second-order valence-corrected chi connectivity index (χ2v) is 1.35. The van der Waals surface area contributed by atoms with Gasteiger partial charge >= 0.3 is 0 Å². The summed E-state index contributed by atoms with van der Waals surface area (Å²) in [6.07, 6.45) is 4.00. The third-order valence-electron chi connectivity index (χ3n) is 0.754. The maximum atomic E-state index is 3.25. The Bertz CT molecular complexity index is 108. The van der Waals surface area contributed by atoms with Crippen LogP contribution in [-0.2, 0) is 7.05 Å². The summed E-state index contributed by atoms with van der Waals surface area (Å²) in [5.41, 5.74) is 0. The fourth-order valence-corrected chi connectivity index (χ4v) is 0.421. The van der Waals surface area contributed by atoms with Crippen LogP contribution < -0.4 is 0 Å². The van der Waals surface area contributed by atoms with Crippen molar-refractivity contribution in [2.24, 2.45) is 7.05 Å². The lowest BCUT2D eigenvalue weighted by Gasteiger charge is -1.79. The van der Waals surface area contributed by atoms with Crippen molar-refractivity contribution in [3.05, 3.63) is 31.5 Å². The molecule has 0 fully saturated rings. The Hall–Kier alpha value is -0.850. The van der Waals surface area contributed by atoms with Crippen LogP contribution in [0.15, 0.2) is 24.5 Å². The molecule has 0 spiro atoms. The minimum atomic E-state index is 1.75. The maximum Gasteiger partial charge on any atom is 0.0746 e. The van der Waals surface area contributed by atoms with Crippen molar-refractivity contribution in [3.8, 4) is 0 Å². The molecule has 0 saturated carbocycles. The molecule has 0 bridgehead atoms. The average Bonchev–Trinajstić information content (AvgIpc) is 2.48. The van der Waals surface area contributed by atoms with E-state index in [1.165, 1.54) is 0 Å². The van der Waals surface area contributed by atoms with Crippen LogP contribution in [0.2, 0.25) is 0 Å². The van der Waals surface area contributed by atoms with Gasteiger partial charge in [-0.1, -0.05) is 13.8 Å². The molecular formula is C9H18N+. The van der Waals surface area contributed by atoms with Crippen LogP contribution in [0, 0.1) is 6.92 Å². The zero-order valence-corrected chi connectivity index (χ0v) is 7.46. The fraction of sp³-hybridized carbons (Fsp3) is 0.444. The van der Waals surface area contributed by atoms with Crippen molar-refractivity contribution < 1.29 is 0 Å². The molecule has 1 nitrogen and oxygen atoms in total. The van der Waals surface area contributed by atoms with Crippen molar-refractivity contribution in [1.29, 1.82) is 0 Å². The fourth-order valence-electron chi connectivity index (χ4n) is 0.421. The zero-order chi connectivity index (χ0) is 8.41. The molecule has 0 aromatic carbocycles. The number of rotatable bonds is 0. The highest BCUT2D eigenvalue weighted by Crippen LogP contribution is 1.80. The lowest BCUT2D eigenvalue weighted by atomic mass is 10.7. The predicted molar refractivity (Wildman–Crippen MR) is 47.8 cm³/mol. The molecule has 58 valence electrons. The van der Waals surface area contributed by atoms with Gasteiger partial charge in [-0.3, -0.25) is 0 Å². The third kappa shape index (κ3) is 7.15. The molecule has 0 aliphatic heterocycles. The van der Waals surface area contributed by atoms with E-state index in [9.17, 15) is 0 Å². The standard InChI is InChI=1S/C5H7N.C2H6.C2H5/c1-6-4-2-3-5-6;2*1-2/h2-5H,1H3;1-2H3;1H2,2H3/q;;+1. The molecule has 0 unspecified atom stereocenters. The summed E-state index contributed by atoms with van der Waals surface area (Å²) in [4.78, 5) is 0. The second kappa shape index (κ2) is 11.0. The molecule has 0 radical (unpaired) electrons. The lowest BCUT2D eigenvalue weighted by Crippen LogP contribution is -1.75. The van der Waals surface area contributed by atoms with Crippen LogP contribution in [-0.4, -0.2) is 4.57 Å². The Kier molecular flexibility index (Phi) is 13.1. The Balaban J connectivity index is 0. The largest absolute Gasteiger partial charge is 0.357 e. The predicted octanol–water partition coefficient (Wildman–Crippen LogP) is 2.89. The van der Waals surface area contributed by atoms with Gasteiger partial charge in [0, 0.05) is 19.4 Å². The quantitative estimate of drug-likeness (QED) is 0.488. The molecule has 0 aliphatic carbocycles. The van der Waals surface area contributed by atoms with E-state index < -0.39 is 0 Å². The monoisotopic (exact) mass is 140 g/mol. The van der Waals surface area contributed by atoms with Crippen molar-refractivity contribution in [2.75, 3.05) is 0 Å². The summed E-state index contributed by atoms with van der Waals surface area (Å²) in [6, 6.07) is 4.00. The van der Waals surface area contributed by atoms with Crippen LogP contribution in [0.4, 0.5) is 0 Å². The summed E-state index contributed by atoms with van der Waals surface area (Å²) in [5.74, 6) is 0. The molecule has 1 heterocycles. The van der Waals surface area contributed by atoms with E-state index in [4.69, 9.17) is 0 Å². The van der Waals surface area contributed by atoms with Crippen LogP contribution in [0.5, 0.6) is 0 Å². The minimum absolute atomic E-state index is 1.75. The van der Waals surface area contributed by atoms with Crippen molar-refractivity contribution >= 4 is 0 Å². The number of hydrogen-bond donors (Lipinski definition) is 0. The zero-order valence-electron chi connectivity index (χ0n) is 7.46. The molecule has 0 saturated heterocycles. The summed E-state index contributed by atoms with van der Waals surface area (Å²) in [7, 11) is 2.00. The number of aryl methyl sites for hydroxylation is 1. The first-order chi connectivity index (χ1) is 4.89. The molecule has 1 rings (SSSR count). The Labute approximate surface area is 64.7 Å². The molecular weight excluding hydrogens is 122 g/mol. The highest BCUT2D eigenvalue weighted by Gasteiger charge is 1.68. The molecule has 1 aromatic heterocycles. The van der Waals surface area contributed by atoms with Crippen LogP contribution in [0.25, 0.3) is 0 Å². The number of aromatic nitrogens is 1. The molecule has 0 amide bonds. The molecule has 0 aliphatic rings. The highest BCUT2D eigenvalue weighted by molar-refractivity contribution is 4.88. The van der Waals surface area contributed by atoms with E-state index in [0.29, 0.717) is 0 Å². The van der Waals surface area contributed by atoms with E-state index in [-0.39, 0.29) is 0 Å². The maximum absolute atomic E-state index is 3.25. The van der Waals surface area contributed by atoms with Crippen molar-refractivity contribution in [1.82, 2.24) is 4.57 Å². The first-order valence-corrected chi connectivity index (χ1v) is 3.67. The molecule has 0 N–H and O–H groups in total. The molecule has 10 heavy (non-hydrogen) atoms. The summed E-state index contributed by atoms with van der Waals surface area (Å²) >= 11 is 0. The summed E-state index contributed by atoms with van der Waals surface area (Å²) in [5, 5.41) is 0. The van der Waals surface area contributed by atoms with Gasteiger partial charge in [0.05, 0.1) is 13.8 Å². The molecule has 1 heteroatoms. The normalized spacial score (nSPS) is 6.40. The van der Waals surface area contributed by atoms with Gasteiger partial charge in [-0.15, -0.1) is 0 Å². The Morgan fingerprint density at radius 1 is 1.00 bits per heavy atom. The lowest BCUT2D eigenvalue weighted by molar-refractivity contribution is 0.928. The van der Waals surface area contributed by atoms with Gasteiger partial charge in [-0.05, 0) is 12.1 Å². The van der Waals surface area contributed by atoms with Gasteiger partial charge in [0.1, 0.15) is 0 Å². The van der Waals surface area contributed by atoms with Crippen molar-refractivity contribution in [2.45, 2.75) is 20.8 Å². The molecule has 0 atom stereocenters. The Morgan fingerprint density at radius 3 is 1.40 bits per heavy atom. The van der Waals surface area contributed by atoms with Crippen LogP contribution in [0.3, 0.4) is 0 Å². The topological polar surface area (TPSA) is 4.93 Å². The highest BCUT2D eigenvalue weighted by atomic mass is 14.9. The SMILES string of the molecule is CC.Cn1cccc1.[CH2+]C. The first kappa shape index (κ1) is 11.9. The van der Waals surface area contributed by atoms with E-state index in [1.54, 1.807) is 6.92 Å². The van der Waals surface area contributed by atoms with Crippen LogP contribution >= 0.6 is 0 Å². The van der Waals surface area contributed by atoms with Crippen molar-refractivity contribution in [3.63, 3.8) is 0 Å². The summed E-state index contributed by atoms with van der Waals surface area (Å²) in [6.45, 7) is 9.00. The summed E-state index contributed by atoms with van der Waals surface area (Å²) < 4.78 is 2.00.